The van der Waals surface area contributed by atoms with Gasteiger partial charge < -0.3 is 4.74 Å². The minimum atomic E-state index is -3.21. The summed E-state index contributed by atoms with van der Waals surface area (Å²) in [6.07, 6.45) is 1.61. The second-order valence-electron chi connectivity index (χ2n) is 4.99. The molecule has 0 bridgehead atoms. The van der Waals surface area contributed by atoms with E-state index in [0.29, 0.717) is 26.9 Å². The molecule has 5 nitrogen and oxygen atoms in total. The lowest BCUT2D eigenvalue weighted by Gasteiger charge is -2.06. The molecule has 0 unspecified atom stereocenters. The third-order valence-electron chi connectivity index (χ3n) is 2.97. The van der Waals surface area contributed by atoms with E-state index in [1.54, 1.807) is 30.3 Å². The van der Waals surface area contributed by atoms with E-state index in [9.17, 15) is 13.2 Å². The Kier molecular flexibility index (Phi) is 6.65. The average Bonchev–Trinajstić information content (AvgIpc) is 2.93. The van der Waals surface area contributed by atoms with E-state index >= 15 is 0 Å². The summed E-state index contributed by atoms with van der Waals surface area (Å²) in [7, 11) is -3.21. The number of carbonyl (C=O) groups is 1. The highest BCUT2D eigenvalue weighted by atomic mass is 35.5. The monoisotopic (exact) mass is 407 g/mol. The first-order valence-electron chi connectivity index (χ1n) is 6.89. The van der Waals surface area contributed by atoms with Gasteiger partial charge in [0.05, 0.1) is 6.26 Å². The van der Waals surface area contributed by atoms with Gasteiger partial charge in [-0.05, 0) is 30.7 Å². The number of sulfonamides is 1. The Morgan fingerprint density at radius 3 is 2.67 bits per heavy atom. The van der Waals surface area contributed by atoms with Gasteiger partial charge in [-0.25, -0.2) is 17.9 Å². The normalized spacial score (nSPS) is 11.5. The van der Waals surface area contributed by atoms with Crippen molar-refractivity contribution in [1.82, 2.24) is 4.72 Å². The van der Waals surface area contributed by atoms with Crippen LogP contribution in [0.2, 0.25) is 10.0 Å². The van der Waals surface area contributed by atoms with E-state index in [-0.39, 0.29) is 13.2 Å². The van der Waals surface area contributed by atoms with E-state index in [2.05, 4.69) is 4.72 Å². The Balaban J connectivity index is 1.89. The quantitative estimate of drug-likeness (QED) is 0.712. The van der Waals surface area contributed by atoms with Gasteiger partial charge in [0.15, 0.2) is 0 Å². The molecule has 0 spiro atoms. The zero-order valence-corrected chi connectivity index (χ0v) is 15.9. The van der Waals surface area contributed by atoms with Crippen LogP contribution < -0.4 is 4.72 Å². The van der Waals surface area contributed by atoms with Crippen molar-refractivity contribution in [2.75, 3.05) is 12.8 Å². The highest BCUT2D eigenvalue weighted by Crippen LogP contribution is 2.23. The molecule has 0 amide bonds. The maximum Gasteiger partial charge on any atom is 0.348 e. The maximum absolute atomic E-state index is 12.1. The first-order chi connectivity index (χ1) is 11.2. The van der Waals surface area contributed by atoms with Crippen LogP contribution in [-0.4, -0.2) is 27.2 Å². The summed E-state index contributed by atoms with van der Waals surface area (Å²) in [5.41, 5.74) is 0.670. The van der Waals surface area contributed by atoms with Crippen LogP contribution in [0.1, 0.15) is 20.1 Å². The molecule has 0 aliphatic rings. The predicted octanol–water partition coefficient (Wildman–Crippen LogP) is 3.50. The van der Waals surface area contributed by atoms with Crippen molar-refractivity contribution < 1.29 is 17.9 Å². The van der Waals surface area contributed by atoms with Crippen LogP contribution >= 0.6 is 34.5 Å². The predicted molar refractivity (Wildman–Crippen MR) is 96.5 cm³/mol. The molecule has 0 radical (unpaired) electrons. The molecular formula is C15H15Cl2NO4S2. The Bertz CT molecular complexity index is 834. The molecule has 2 rings (SSSR count). The number of esters is 1. The Morgan fingerprint density at radius 2 is 2.00 bits per heavy atom. The van der Waals surface area contributed by atoms with Crippen molar-refractivity contribution in [3.05, 3.63) is 55.7 Å². The first-order valence-corrected chi connectivity index (χ1v) is 10.4. The fraction of sp³-hybridized carbons (Fsp3) is 0.267. The smallest absolute Gasteiger partial charge is 0.348 e. The summed E-state index contributed by atoms with van der Waals surface area (Å²) in [6, 6.07) is 8.40. The number of rotatable bonds is 7. The summed E-state index contributed by atoms with van der Waals surface area (Å²) < 4.78 is 29.6. The first kappa shape index (κ1) is 19.2. The summed E-state index contributed by atoms with van der Waals surface area (Å²) in [6.45, 7) is 0.339. The molecule has 1 N–H and O–H groups in total. The fourth-order valence-corrected chi connectivity index (χ4v) is 3.67. The van der Waals surface area contributed by atoms with Gasteiger partial charge in [0, 0.05) is 27.0 Å². The summed E-state index contributed by atoms with van der Waals surface area (Å²) in [5.74, 6) is -0.451. The van der Waals surface area contributed by atoms with Crippen LogP contribution in [0.3, 0.4) is 0 Å². The van der Waals surface area contributed by atoms with Crippen molar-refractivity contribution in [3.8, 4) is 0 Å². The van der Waals surface area contributed by atoms with Crippen molar-refractivity contribution in [2.45, 2.75) is 13.0 Å². The van der Waals surface area contributed by atoms with Crippen LogP contribution in [0.15, 0.2) is 30.3 Å². The van der Waals surface area contributed by atoms with Crippen LogP contribution in [0.25, 0.3) is 0 Å². The molecular weight excluding hydrogens is 393 g/mol. The Labute approximate surface area is 154 Å². The van der Waals surface area contributed by atoms with Crippen molar-refractivity contribution in [1.29, 1.82) is 0 Å². The molecule has 2 aromatic rings. The Morgan fingerprint density at radius 1 is 1.25 bits per heavy atom. The molecule has 0 aliphatic carbocycles. The summed E-state index contributed by atoms with van der Waals surface area (Å²) in [4.78, 5) is 13.4. The van der Waals surface area contributed by atoms with Crippen molar-refractivity contribution in [3.63, 3.8) is 0 Å². The average molecular weight is 408 g/mol. The molecule has 0 aliphatic heterocycles. The third-order valence-corrected chi connectivity index (χ3v) is 5.41. The minimum Gasteiger partial charge on any atom is -0.457 e. The maximum atomic E-state index is 12.1. The van der Waals surface area contributed by atoms with Crippen LogP contribution in [0, 0.1) is 0 Å². The van der Waals surface area contributed by atoms with Gasteiger partial charge in [-0.3, -0.25) is 0 Å². The Hall–Kier alpha value is -1.12. The fourth-order valence-electron chi connectivity index (χ4n) is 1.83. The van der Waals surface area contributed by atoms with E-state index < -0.39 is 16.0 Å². The van der Waals surface area contributed by atoms with Gasteiger partial charge in [-0.1, -0.05) is 29.3 Å². The number of hydrogen-bond acceptors (Lipinski definition) is 5. The second-order valence-corrected chi connectivity index (χ2v) is 8.84. The highest BCUT2D eigenvalue weighted by molar-refractivity contribution is 7.88. The highest BCUT2D eigenvalue weighted by Gasteiger charge is 2.12. The van der Waals surface area contributed by atoms with Crippen molar-refractivity contribution in [2.24, 2.45) is 0 Å². The van der Waals surface area contributed by atoms with Crippen LogP contribution in [-0.2, 0) is 27.8 Å². The van der Waals surface area contributed by atoms with Crippen LogP contribution in [0.5, 0.6) is 0 Å². The van der Waals surface area contributed by atoms with E-state index in [0.717, 1.165) is 11.1 Å². The van der Waals surface area contributed by atoms with Gasteiger partial charge in [0.2, 0.25) is 10.0 Å². The number of nitrogens with one attached hydrogen (secondary N) is 1. The zero-order chi connectivity index (χ0) is 17.7. The third kappa shape index (κ3) is 6.07. The molecule has 1 aromatic carbocycles. The van der Waals surface area contributed by atoms with E-state index in [1.165, 1.54) is 11.3 Å². The number of ether oxygens (including phenoxy) is 1. The molecule has 0 atom stereocenters. The van der Waals surface area contributed by atoms with E-state index in [1.807, 2.05) is 0 Å². The van der Waals surface area contributed by atoms with Gasteiger partial charge >= 0.3 is 5.97 Å². The number of benzene rings is 1. The van der Waals surface area contributed by atoms with Gasteiger partial charge in [0.25, 0.3) is 0 Å². The van der Waals surface area contributed by atoms with Gasteiger partial charge in [0.1, 0.15) is 11.5 Å². The molecule has 1 heterocycles. The molecule has 0 fully saturated rings. The second kappa shape index (κ2) is 8.31. The lowest BCUT2D eigenvalue weighted by atomic mass is 10.2. The molecule has 130 valence electrons. The summed E-state index contributed by atoms with van der Waals surface area (Å²) >= 11 is 13.1. The number of carbonyl (C=O) groups excluding carboxylic acids is 1. The molecule has 9 heteroatoms. The standard InChI is InChI=1S/C15H15Cl2NO4S2/c1-24(20,21)18-7-6-12-4-5-14(23-12)15(19)22-9-10-2-3-11(16)8-13(10)17/h2-5,8,18H,6-7,9H2,1H3. The minimum absolute atomic E-state index is 0.0533. The summed E-state index contributed by atoms with van der Waals surface area (Å²) in [5, 5.41) is 0.953. The number of thiophene rings is 1. The lowest BCUT2D eigenvalue weighted by Crippen LogP contribution is -2.23. The topological polar surface area (TPSA) is 72.5 Å². The molecule has 24 heavy (non-hydrogen) atoms. The van der Waals surface area contributed by atoms with Crippen molar-refractivity contribution >= 4 is 50.5 Å². The number of halogens is 2. The number of hydrogen-bond donors (Lipinski definition) is 1. The van der Waals surface area contributed by atoms with Gasteiger partial charge in [-0.15, -0.1) is 11.3 Å². The lowest BCUT2D eigenvalue weighted by molar-refractivity contribution is 0.0478. The zero-order valence-electron chi connectivity index (χ0n) is 12.7. The largest absolute Gasteiger partial charge is 0.457 e. The molecule has 1 aromatic heterocycles. The molecule has 0 saturated heterocycles. The van der Waals surface area contributed by atoms with E-state index in [4.69, 9.17) is 27.9 Å². The van der Waals surface area contributed by atoms with Gasteiger partial charge in [-0.2, -0.15) is 0 Å². The molecule has 0 saturated carbocycles. The SMILES string of the molecule is CS(=O)(=O)NCCc1ccc(C(=O)OCc2ccc(Cl)cc2Cl)s1. The van der Waals surface area contributed by atoms with Crippen LogP contribution in [0.4, 0.5) is 0 Å².